The first kappa shape index (κ1) is 10.8. The summed E-state index contributed by atoms with van der Waals surface area (Å²) in [4.78, 5) is 23.3. The van der Waals surface area contributed by atoms with Crippen molar-refractivity contribution in [3.63, 3.8) is 0 Å². The Balaban J connectivity index is 2.66. The van der Waals surface area contributed by atoms with Crippen molar-refractivity contribution in [2.75, 3.05) is 13.7 Å². The molecule has 1 fully saturated rings. The molecule has 0 aliphatic carbocycles. The fourth-order valence-corrected chi connectivity index (χ4v) is 1.89. The fourth-order valence-electron chi connectivity index (χ4n) is 1.89. The molecule has 5 nitrogen and oxygen atoms in total. The van der Waals surface area contributed by atoms with Crippen molar-refractivity contribution >= 4 is 12.1 Å². The van der Waals surface area contributed by atoms with E-state index < -0.39 is 6.09 Å². The second-order valence-electron chi connectivity index (χ2n) is 3.50. The van der Waals surface area contributed by atoms with E-state index in [0.717, 1.165) is 12.8 Å². The van der Waals surface area contributed by atoms with Crippen LogP contribution in [-0.2, 0) is 9.53 Å². The van der Waals surface area contributed by atoms with Crippen LogP contribution >= 0.6 is 0 Å². The molecule has 5 heteroatoms. The molecule has 1 amide bonds. The number of ether oxygens (including phenoxy) is 1. The lowest BCUT2D eigenvalue weighted by molar-refractivity contribution is -0.146. The summed E-state index contributed by atoms with van der Waals surface area (Å²) < 4.78 is 4.59. The average molecular weight is 201 g/mol. The van der Waals surface area contributed by atoms with E-state index in [1.54, 1.807) is 6.92 Å². The Morgan fingerprint density at radius 3 is 2.71 bits per heavy atom. The molecule has 1 aliphatic heterocycles. The second kappa shape index (κ2) is 4.30. The number of hydrogen-bond donors (Lipinski definition) is 1. The Labute approximate surface area is 82.6 Å². The Bertz CT molecular complexity index is 241. The number of nitrogens with zero attached hydrogens (tertiary/aromatic N) is 1. The van der Waals surface area contributed by atoms with Crippen LogP contribution in [0.1, 0.15) is 19.8 Å². The maximum atomic E-state index is 11.2. The molecule has 0 aromatic carbocycles. The first-order valence-electron chi connectivity index (χ1n) is 4.65. The zero-order valence-corrected chi connectivity index (χ0v) is 8.40. The van der Waals surface area contributed by atoms with Gasteiger partial charge in [0.1, 0.15) is 0 Å². The third-order valence-electron chi connectivity index (χ3n) is 2.70. The van der Waals surface area contributed by atoms with Crippen LogP contribution in [0.15, 0.2) is 0 Å². The van der Waals surface area contributed by atoms with Crippen molar-refractivity contribution < 1.29 is 19.4 Å². The third-order valence-corrected chi connectivity index (χ3v) is 2.70. The molecule has 0 saturated carbocycles. The van der Waals surface area contributed by atoms with Crippen LogP contribution in [0.5, 0.6) is 0 Å². The molecular formula is C9H15NO4. The average Bonchev–Trinajstić information content (AvgIpc) is 2.63. The number of carbonyl (C=O) groups is 2. The van der Waals surface area contributed by atoms with Gasteiger partial charge in [0.05, 0.1) is 13.0 Å². The van der Waals surface area contributed by atoms with Crippen molar-refractivity contribution in [2.24, 2.45) is 5.92 Å². The highest BCUT2D eigenvalue weighted by Crippen LogP contribution is 2.24. The molecule has 0 aromatic rings. The van der Waals surface area contributed by atoms with Gasteiger partial charge in [-0.15, -0.1) is 0 Å². The summed E-state index contributed by atoms with van der Waals surface area (Å²) in [6.07, 6.45) is 0.601. The summed E-state index contributed by atoms with van der Waals surface area (Å²) in [6.45, 7) is 2.22. The molecule has 14 heavy (non-hydrogen) atoms. The standard InChI is InChI=1S/C9H15NO4/c1-6(8(11)14-2)7-4-3-5-10(7)9(12)13/h6-7H,3-5H2,1-2H3,(H,12,13). The summed E-state index contributed by atoms with van der Waals surface area (Å²) in [7, 11) is 1.32. The quantitative estimate of drug-likeness (QED) is 0.675. The predicted molar refractivity (Wildman–Crippen MR) is 48.9 cm³/mol. The lowest BCUT2D eigenvalue weighted by atomic mass is 10.00. The molecule has 0 aromatic heterocycles. The van der Waals surface area contributed by atoms with Crippen molar-refractivity contribution in [1.82, 2.24) is 4.90 Å². The van der Waals surface area contributed by atoms with Crippen molar-refractivity contribution in [3.8, 4) is 0 Å². The molecule has 1 saturated heterocycles. The van der Waals surface area contributed by atoms with Gasteiger partial charge in [0.2, 0.25) is 0 Å². The molecule has 2 atom stereocenters. The number of carboxylic acid groups (broad SMARTS) is 1. The number of likely N-dealkylation sites (tertiary alicyclic amines) is 1. The third kappa shape index (κ3) is 1.97. The number of esters is 1. The van der Waals surface area contributed by atoms with Gasteiger partial charge in [-0.25, -0.2) is 4.79 Å². The zero-order chi connectivity index (χ0) is 10.7. The molecule has 0 bridgehead atoms. The van der Waals surface area contributed by atoms with E-state index in [9.17, 15) is 9.59 Å². The van der Waals surface area contributed by atoms with Crippen molar-refractivity contribution in [2.45, 2.75) is 25.8 Å². The van der Waals surface area contributed by atoms with E-state index in [4.69, 9.17) is 5.11 Å². The summed E-state index contributed by atoms with van der Waals surface area (Å²) in [5.41, 5.74) is 0. The van der Waals surface area contributed by atoms with Crippen molar-refractivity contribution in [3.05, 3.63) is 0 Å². The Morgan fingerprint density at radius 1 is 1.57 bits per heavy atom. The van der Waals surface area contributed by atoms with Crippen LogP contribution in [-0.4, -0.2) is 41.8 Å². The van der Waals surface area contributed by atoms with Crippen LogP contribution in [0, 0.1) is 5.92 Å². The molecule has 1 heterocycles. The van der Waals surface area contributed by atoms with Crippen molar-refractivity contribution in [1.29, 1.82) is 0 Å². The molecule has 0 radical (unpaired) electrons. The first-order valence-corrected chi connectivity index (χ1v) is 4.65. The predicted octanol–water partition coefficient (Wildman–Crippen LogP) is 0.938. The maximum absolute atomic E-state index is 11.2. The van der Waals surface area contributed by atoms with Gasteiger partial charge in [0.25, 0.3) is 0 Å². The summed E-state index contributed by atoms with van der Waals surface area (Å²) in [5, 5.41) is 8.86. The normalized spacial score (nSPS) is 23.3. The van der Waals surface area contributed by atoms with Crippen LogP contribution < -0.4 is 0 Å². The minimum Gasteiger partial charge on any atom is -0.469 e. The van der Waals surface area contributed by atoms with E-state index >= 15 is 0 Å². The van der Waals surface area contributed by atoms with E-state index in [0.29, 0.717) is 6.54 Å². The number of methoxy groups -OCH3 is 1. The lowest BCUT2D eigenvalue weighted by Crippen LogP contribution is -2.41. The van der Waals surface area contributed by atoms with Crippen LogP contribution in [0.25, 0.3) is 0 Å². The highest BCUT2D eigenvalue weighted by Gasteiger charge is 2.36. The number of hydrogen-bond acceptors (Lipinski definition) is 3. The zero-order valence-electron chi connectivity index (χ0n) is 8.40. The van der Waals surface area contributed by atoms with Crippen LogP contribution in [0.4, 0.5) is 4.79 Å². The fraction of sp³-hybridized carbons (Fsp3) is 0.778. The van der Waals surface area contributed by atoms with E-state index in [1.807, 2.05) is 0 Å². The minimum atomic E-state index is -0.955. The molecule has 1 rings (SSSR count). The van der Waals surface area contributed by atoms with Gasteiger partial charge < -0.3 is 14.7 Å². The highest BCUT2D eigenvalue weighted by molar-refractivity contribution is 5.74. The Kier molecular flexibility index (Phi) is 3.33. The topological polar surface area (TPSA) is 66.8 Å². The highest BCUT2D eigenvalue weighted by atomic mass is 16.5. The number of amides is 1. The second-order valence-corrected chi connectivity index (χ2v) is 3.50. The van der Waals surface area contributed by atoms with Crippen LogP contribution in [0.3, 0.4) is 0 Å². The lowest BCUT2D eigenvalue weighted by Gasteiger charge is -2.25. The van der Waals surface area contributed by atoms with Gasteiger partial charge in [-0.3, -0.25) is 4.79 Å². The van der Waals surface area contributed by atoms with E-state index in [2.05, 4.69) is 4.74 Å². The smallest absolute Gasteiger partial charge is 0.407 e. The van der Waals surface area contributed by atoms with Gasteiger partial charge in [-0.05, 0) is 19.8 Å². The number of rotatable bonds is 2. The van der Waals surface area contributed by atoms with Gasteiger partial charge in [-0.2, -0.15) is 0 Å². The molecule has 80 valence electrons. The molecule has 0 spiro atoms. The van der Waals surface area contributed by atoms with Gasteiger partial charge in [0.15, 0.2) is 0 Å². The van der Waals surface area contributed by atoms with Gasteiger partial charge >= 0.3 is 12.1 Å². The SMILES string of the molecule is COC(=O)C(C)C1CCCN1C(=O)O. The summed E-state index contributed by atoms with van der Waals surface area (Å²) in [5.74, 6) is -0.721. The molecule has 1 N–H and O–H groups in total. The maximum Gasteiger partial charge on any atom is 0.407 e. The molecule has 2 unspecified atom stereocenters. The summed E-state index contributed by atoms with van der Waals surface area (Å²) in [6, 6.07) is -0.222. The van der Waals surface area contributed by atoms with E-state index in [1.165, 1.54) is 12.0 Å². The van der Waals surface area contributed by atoms with Gasteiger partial charge in [0, 0.05) is 12.6 Å². The van der Waals surface area contributed by atoms with Crippen LogP contribution in [0.2, 0.25) is 0 Å². The molecular weight excluding hydrogens is 186 g/mol. The Morgan fingerprint density at radius 2 is 2.21 bits per heavy atom. The minimum absolute atomic E-state index is 0.222. The largest absolute Gasteiger partial charge is 0.469 e. The summed E-state index contributed by atoms with van der Waals surface area (Å²) >= 11 is 0. The van der Waals surface area contributed by atoms with E-state index in [-0.39, 0.29) is 17.9 Å². The first-order chi connectivity index (χ1) is 6.57. The molecule has 1 aliphatic rings. The Hall–Kier alpha value is -1.26. The monoisotopic (exact) mass is 201 g/mol. The number of carbonyl (C=O) groups excluding carboxylic acids is 1. The van der Waals surface area contributed by atoms with Gasteiger partial charge in [-0.1, -0.05) is 0 Å².